The highest BCUT2D eigenvalue weighted by molar-refractivity contribution is 5.90. The molecule has 1 heterocycles. The number of aromatic nitrogens is 1. The fourth-order valence-electron chi connectivity index (χ4n) is 3.02. The van der Waals surface area contributed by atoms with E-state index in [4.69, 9.17) is 15.2 Å². The second-order valence-electron chi connectivity index (χ2n) is 6.87. The van der Waals surface area contributed by atoms with Gasteiger partial charge >= 0.3 is 0 Å². The van der Waals surface area contributed by atoms with Gasteiger partial charge < -0.3 is 19.8 Å². The van der Waals surface area contributed by atoms with Crippen molar-refractivity contribution in [1.29, 1.82) is 0 Å². The van der Waals surface area contributed by atoms with Crippen molar-refractivity contribution in [2.45, 2.75) is 47.1 Å². The van der Waals surface area contributed by atoms with Gasteiger partial charge in [-0.2, -0.15) is 0 Å². The lowest BCUT2D eigenvalue weighted by Gasteiger charge is -2.16. The molecule has 5 nitrogen and oxygen atoms in total. The maximum atomic E-state index is 12.9. The van der Waals surface area contributed by atoms with Crippen LogP contribution in [0.5, 0.6) is 11.5 Å². The van der Waals surface area contributed by atoms with Crippen LogP contribution in [-0.4, -0.2) is 18.3 Å². The highest BCUT2D eigenvalue weighted by atomic mass is 16.5. The Labute approximate surface area is 161 Å². The number of nitrogens with zero attached hydrogens (tertiary/aromatic N) is 1. The molecule has 0 aliphatic carbocycles. The number of hydrogen-bond acceptors (Lipinski definition) is 4. The van der Waals surface area contributed by atoms with Gasteiger partial charge in [0.2, 0.25) is 5.75 Å². The van der Waals surface area contributed by atoms with Crippen LogP contribution in [0.2, 0.25) is 0 Å². The molecule has 0 fully saturated rings. The Morgan fingerprint density at radius 2 is 1.93 bits per heavy atom. The molecule has 2 N–H and O–H groups in total. The van der Waals surface area contributed by atoms with Gasteiger partial charge in [0.1, 0.15) is 6.61 Å². The van der Waals surface area contributed by atoms with Crippen LogP contribution >= 0.6 is 0 Å². The average molecular weight is 370 g/mol. The second kappa shape index (κ2) is 9.31. The third-order valence-electron chi connectivity index (χ3n) is 4.47. The SMILES string of the molecule is CCn1c(=O)c(OCC=C(C)CCC=C(C)C)c(OC)c2ccc(N)cc21. The van der Waals surface area contributed by atoms with Gasteiger partial charge in [0.25, 0.3) is 5.56 Å². The molecule has 0 spiro atoms. The van der Waals surface area contributed by atoms with Gasteiger partial charge in [-0.1, -0.05) is 17.2 Å². The molecule has 0 unspecified atom stereocenters. The minimum Gasteiger partial charge on any atom is -0.492 e. The Balaban J connectivity index is 2.33. The number of nitrogen functional groups attached to an aromatic ring is 1. The first-order valence-electron chi connectivity index (χ1n) is 9.30. The zero-order valence-electron chi connectivity index (χ0n) is 17.0. The topological polar surface area (TPSA) is 66.5 Å². The van der Waals surface area contributed by atoms with Crippen molar-refractivity contribution in [3.8, 4) is 11.5 Å². The number of benzene rings is 1. The highest BCUT2D eigenvalue weighted by Crippen LogP contribution is 2.33. The average Bonchev–Trinajstić information content (AvgIpc) is 2.62. The number of fused-ring (bicyclic) bond motifs is 1. The van der Waals surface area contributed by atoms with Crippen molar-refractivity contribution in [3.63, 3.8) is 0 Å². The summed E-state index contributed by atoms with van der Waals surface area (Å²) in [4.78, 5) is 12.9. The molecule has 0 amide bonds. The number of ether oxygens (including phenoxy) is 2. The zero-order valence-corrected chi connectivity index (χ0v) is 17.0. The van der Waals surface area contributed by atoms with Crippen molar-refractivity contribution < 1.29 is 9.47 Å². The summed E-state index contributed by atoms with van der Waals surface area (Å²) in [6.07, 6.45) is 6.22. The summed E-state index contributed by atoms with van der Waals surface area (Å²) in [7, 11) is 1.55. The molecule has 0 bridgehead atoms. The molecular formula is C22H30N2O3. The molecule has 2 aromatic rings. The smallest absolute Gasteiger partial charge is 0.297 e. The minimum absolute atomic E-state index is 0.206. The first-order chi connectivity index (χ1) is 12.9. The number of nitrogens with two attached hydrogens (primary N) is 1. The van der Waals surface area contributed by atoms with E-state index in [0.717, 1.165) is 23.7 Å². The van der Waals surface area contributed by atoms with Gasteiger partial charge in [-0.05, 0) is 64.8 Å². The summed E-state index contributed by atoms with van der Waals surface area (Å²) >= 11 is 0. The van der Waals surface area contributed by atoms with Crippen molar-refractivity contribution in [2.24, 2.45) is 0 Å². The van der Waals surface area contributed by atoms with E-state index in [2.05, 4.69) is 26.8 Å². The number of hydrogen-bond donors (Lipinski definition) is 1. The van der Waals surface area contributed by atoms with Gasteiger partial charge in [0, 0.05) is 17.6 Å². The van der Waals surface area contributed by atoms with Crippen LogP contribution in [0, 0.1) is 0 Å². The lowest BCUT2D eigenvalue weighted by atomic mass is 10.1. The zero-order chi connectivity index (χ0) is 20.0. The summed E-state index contributed by atoms with van der Waals surface area (Å²) in [5.74, 6) is 0.695. The summed E-state index contributed by atoms with van der Waals surface area (Å²) in [5.41, 5.74) is 9.60. The fourth-order valence-corrected chi connectivity index (χ4v) is 3.02. The number of methoxy groups -OCH3 is 1. The van der Waals surface area contributed by atoms with Crippen LogP contribution in [0.1, 0.15) is 40.5 Å². The maximum Gasteiger partial charge on any atom is 0.297 e. The van der Waals surface area contributed by atoms with Crippen LogP contribution in [0.15, 0.2) is 46.3 Å². The molecule has 0 saturated carbocycles. The van der Waals surface area contributed by atoms with Gasteiger partial charge in [0.15, 0.2) is 5.75 Å². The molecule has 146 valence electrons. The molecule has 5 heteroatoms. The van der Waals surface area contributed by atoms with Crippen molar-refractivity contribution in [2.75, 3.05) is 19.5 Å². The highest BCUT2D eigenvalue weighted by Gasteiger charge is 2.18. The Kier molecular flexibility index (Phi) is 7.11. The number of anilines is 1. The Morgan fingerprint density at radius 3 is 2.56 bits per heavy atom. The first-order valence-corrected chi connectivity index (χ1v) is 9.30. The van der Waals surface area contributed by atoms with Crippen LogP contribution in [0.3, 0.4) is 0 Å². The van der Waals surface area contributed by atoms with E-state index in [-0.39, 0.29) is 11.3 Å². The summed E-state index contributed by atoms with van der Waals surface area (Å²) in [5, 5.41) is 0.812. The van der Waals surface area contributed by atoms with Crippen LogP contribution < -0.4 is 20.8 Å². The standard InChI is InChI=1S/C22H30N2O3/c1-6-24-19-14-17(23)10-11-18(19)20(26-5)21(22(24)25)27-13-12-16(4)9-7-8-15(2)3/h8,10-12,14H,6-7,9,13,23H2,1-5H3. The van der Waals surface area contributed by atoms with Crippen LogP contribution in [0.25, 0.3) is 10.9 Å². The van der Waals surface area contributed by atoms with E-state index >= 15 is 0 Å². The van der Waals surface area contributed by atoms with Crippen molar-refractivity contribution in [1.82, 2.24) is 4.57 Å². The number of aryl methyl sites for hydroxylation is 1. The van der Waals surface area contributed by atoms with E-state index in [0.29, 0.717) is 24.6 Å². The third kappa shape index (κ3) is 4.94. The predicted molar refractivity (Wildman–Crippen MR) is 113 cm³/mol. The van der Waals surface area contributed by atoms with Crippen molar-refractivity contribution in [3.05, 3.63) is 51.9 Å². The van der Waals surface area contributed by atoms with E-state index < -0.39 is 0 Å². The molecule has 0 aliphatic rings. The first kappa shape index (κ1) is 20.6. The summed E-state index contributed by atoms with van der Waals surface area (Å²) in [6.45, 7) is 9.05. The normalized spacial score (nSPS) is 11.5. The number of pyridine rings is 1. The van der Waals surface area contributed by atoms with E-state index in [1.165, 1.54) is 11.1 Å². The molecule has 27 heavy (non-hydrogen) atoms. The van der Waals surface area contributed by atoms with Crippen LogP contribution in [0.4, 0.5) is 5.69 Å². The Morgan fingerprint density at radius 1 is 1.19 bits per heavy atom. The van der Waals surface area contributed by atoms with Gasteiger partial charge in [-0.3, -0.25) is 4.79 Å². The number of allylic oxidation sites excluding steroid dienone is 3. The molecule has 1 aromatic heterocycles. The van der Waals surface area contributed by atoms with Gasteiger partial charge in [0.05, 0.1) is 12.6 Å². The van der Waals surface area contributed by atoms with Crippen LogP contribution in [-0.2, 0) is 6.54 Å². The monoisotopic (exact) mass is 370 g/mol. The second-order valence-corrected chi connectivity index (χ2v) is 6.87. The minimum atomic E-state index is -0.206. The lowest BCUT2D eigenvalue weighted by Crippen LogP contribution is -2.23. The molecule has 2 rings (SSSR count). The molecule has 0 atom stereocenters. The lowest BCUT2D eigenvalue weighted by molar-refractivity contribution is 0.320. The van der Waals surface area contributed by atoms with E-state index in [1.807, 2.05) is 19.1 Å². The fraction of sp³-hybridized carbons (Fsp3) is 0.409. The largest absolute Gasteiger partial charge is 0.492 e. The number of rotatable bonds is 8. The molecule has 1 aromatic carbocycles. The maximum absolute atomic E-state index is 12.9. The van der Waals surface area contributed by atoms with Gasteiger partial charge in [-0.25, -0.2) is 0 Å². The van der Waals surface area contributed by atoms with E-state index in [9.17, 15) is 4.79 Å². The quantitative estimate of drug-likeness (QED) is 0.541. The Hall–Kier alpha value is -2.69. The molecule has 0 saturated heterocycles. The molecule has 0 aliphatic heterocycles. The summed E-state index contributed by atoms with van der Waals surface area (Å²) < 4.78 is 13.0. The van der Waals surface area contributed by atoms with E-state index in [1.54, 1.807) is 23.8 Å². The van der Waals surface area contributed by atoms with Gasteiger partial charge in [-0.15, -0.1) is 0 Å². The Bertz CT molecular complexity index is 919. The third-order valence-corrected chi connectivity index (χ3v) is 4.47. The molecular weight excluding hydrogens is 340 g/mol. The summed E-state index contributed by atoms with van der Waals surface area (Å²) in [6, 6.07) is 5.45. The molecule has 0 radical (unpaired) electrons. The predicted octanol–water partition coefficient (Wildman–Crippen LogP) is 4.68. The van der Waals surface area contributed by atoms with Crippen molar-refractivity contribution >= 4 is 16.6 Å².